The van der Waals surface area contributed by atoms with Crippen LogP contribution in [0, 0.1) is 17.1 Å². The molecule has 0 saturated heterocycles. The van der Waals surface area contributed by atoms with Gasteiger partial charge in [0.25, 0.3) is 0 Å². The van der Waals surface area contributed by atoms with Crippen molar-refractivity contribution >= 4 is 27.5 Å². The van der Waals surface area contributed by atoms with Gasteiger partial charge in [0.05, 0.1) is 5.56 Å². The summed E-state index contributed by atoms with van der Waals surface area (Å²) in [7, 11) is 0. The molecule has 0 atom stereocenters. The Labute approximate surface area is 123 Å². The van der Waals surface area contributed by atoms with Gasteiger partial charge in [-0.25, -0.2) is 4.39 Å². The monoisotopic (exact) mass is 339 g/mol. The molecule has 0 bridgehead atoms. The largest absolute Gasteiger partial charge is 0.453 e. The molecule has 0 N–H and O–H groups in total. The zero-order valence-electron chi connectivity index (χ0n) is 9.66. The number of hydrogen-bond donors (Lipinski definition) is 0. The van der Waals surface area contributed by atoms with Gasteiger partial charge in [-0.1, -0.05) is 22.0 Å². The van der Waals surface area contributed by atoms with Crippen LogP contribution >= 0.6 is 27.5 Å². The van der Waals surface area contributed by atoms with Gasteiger partial charge in [0.1, 0.15) is 11.8 Å². The average molecular weight is 341 g/mol. The van der Waals surface area contributed by atoms with Crippen molar-refractivity contribution in [2.24, 2.45) is 0 Å². The number of ether oxygens (including phenoxy) is 1. The first kappa shape index (κ1) is 13.9. The van der Waals surface area contributed by atoms with Gasteiger partial charge in [0, 0.05) is 10.4 Å². The highest BCUT2D eigenvalue weighted by atomic mass is 79.9. The van der Waals surface area contributed by atoms with E-state index >= 15 is 0 Å². The molecule has 0 aliphatic rings. The summed E-state index contributed by atoms with van der Waals surface area (Å²) in [6.45, 7) is 0. The lowest BCUT2D eigenvalue weighted by molar-refractivity contribution is 0.440. The Kier molecular flexibility index (Phi) is 4.41. The first-order chi connectivity index (χ1) is 9.13. The Morgan fingerprint density at radius 3 is 2.68 bits per heavy atom. The van der Waals surface area contributed by atoms with Gasteiger partial charge in [0.2, 0.25) is 0 Å². The third-order valence-electron chi connectivity index (χ3n) is 2.43. The minimum absolute atomic E-state index is 0.0597. The number of alkyl halides is 1. The number of nitrogens with zero attached hydrogens (tertiary/aromatic N) is 1. The molecule has 2 rings (SSSR count). The van der Waals surface area contributed by atoms with Crippen molar-refractivity contribution in [3.8, 4) is 17.6 Å². The first-order valence-electron chi connectivity index (χ1n) is 5.36. The lowest BCUT2D eigenvalue weighted by Crippen LogP contribution is -1.92. The summed E-state index contributed by atoms with van der Waals surface area (Å²) < 4.78 is 19.7. The highest BCUT2D eigenvalue weighted by molar-refractivity contribution is 9.10. The van der Waals surface area contributed by atoms with Crippen LogP contribution in [-0.4, -0.2) is 0 Å². The van der Waals surface area contributed by atoms with Crippen molar-refractivity contribution in [2.45, 2.75) is 5.88 Å². The molecular weight excluding hydrogens is 333 g/mol. The molecule has 0 aliphatic heterocycles. The number of halogens is 3. The Bertz CT molecular complexity index is 654. The minimum Gasteiger partial charge on any atom is -0.453 e. The van der Waals surface area contributed by atoms with Gasteiger partial charge in [-0.3, -0.25) is 0 Å². The van der Waals surface area contributed by atoms with E-state index in [4.69, 9.17) is 21.6 Å². The maximum absolute atomic E-state index is 13.6. The number of rotatable bonds is 3. The molecule has 96 valence electrons. The Morgan fingerprint density at radius 1 is 1.21 bits per heavy atom. The molecule has 0 saturated carbocycles. The van der Waals surface area contributed by atoms with E-state index in [9.17, 15) is 4.39 Å². The summed E-state index contributed by atoms with van der Waals surface area (Å²) in [6, 6.07) is 11.3. The van der Waals surface area contributed by atoms with Crippen molar-refractivity contribution in [3.05, 3.63) is 57.8 Å². The normalized spacial score (nSPS) is 10.0. The van der Waals surface area contributed by atoms with E-state index < -0.39 is 5.82 Å². The van der Waals surface area contributed by atoms with Crippen molar-refractivity contribution in [2.75, 3.05) is 0 Å². The van der Waals surface area contributed by atoms with Gasteiger partial charge in [-0.05, 0) is 35.9 Å². The smallest absolute Gasteiger partial charge is 0.165 e. The van der Waals surface area contributed by atoms with Crippen molar-refractivity contribution < 1.29 is 9.13 Å². The van der Waals surface area contributed by atoms with Crippen molar-refractivity contribution in [3.63, 3.8) is 0 Å². The molecule has 2 aromatic carbocycles. The molecule has 5 heteroatoms. The molecule has 0 radical (unpaired) electrons. The molecule has 0 aliphatic carbocycles. The van der Waals surface area contributed by atoms with E-state index in [1.165, 1.54) is 12.1 Å². The molecule has 0 fully saturated rings. The van der Waals surface area contributed by atoms with E-state index in [1.807, 2.05) is 6.07 Å². The SMILES string of the molecule is N#Cc1cc(CCl)ccc1Oc1cc(Br)ccc1F. The molecule has 0 unspecified atom stereocenters. The van der Waals surface area contributed by atoms with Crippen molar-refractivity contribution in [1.82, 2.24) is 0 Å². The fraction of sp³-hybridized carbons (Fsp3) is 0.0714. The van der Waals surface area contributed by atoms with Crippen LogP contribution in [0.2, 0.25) is 0 Å². The van der Waals surface area contributed by atoms with Gasteiger partial charge in [-0.2, -0.15) is 5.26 Å². The summed E-state index contributed by atoms with van der Waals surface area (Å²) in [5, 5.41) is 9.06. The summed E-state index contributed by atoms with van der Waals surface area (Å²) >= 11 is 8.94. The zero-order chi connectivity index (χ0) is 13.8. The van der Waals surface area contributed by atoms with Gasteiger partial charge < -0.3 is 4.74 Å². The lowest BCUT2D eigenvalue weighted by Gasteiger charge is -2.09. The zero-order valence-corrected chi connectivity index (χ0v) is 12.0. The summed E-state index contributed by atoms with van der Waals surface area (Å²) in [4.78, 5) is 0. The second-order valence-corrected chi connectivity index (χ2v) is 4.94. The second kappa shape index (κ2) is 6.05. The van der Waals surface area contributed by atoms with E-state index in [2.05, 4.69) is 15.9 Å². The lowest BCUT2D eigenvalue weighted by atomic mass is 10.1. The van der Waals surface area contributed by atoms with E-state index in [-0.39, 0.29) is 5.75 Å². The summed E-state index contributed by atoms with van der Waals surface area (Å²) in [5.41, 5.74) is 1.12. The van der Waals surface area contributed by atoms with Crippen molar-refractivity contribution in [1.29, 1.82) is 5.26 Å². The molecule has 0 spiro atoms. The Balaban J connectivity index is 2.38. The van der Waals surface area contributed by atoms with Crippen LogP contribution in [0.15, 0.2) is 40.9 Å². The fourth-order valence-electron chi connectivity index (χ4n) is 1.51. The third kappa shape index (κ3) is 3.25. The quantitative estimate of drug-likeness (QED) is 0.737. The molecule has 2 aromatic rings. The van der Waals surface area contributed by atoms with Crippen LogP contribution in [0.4, 0.5) is 4.39 Å². The molecule has 2 nitrogen and oxygen atoms in total. The predicted octanol–water partition coefficient (Wildman–Crippen LogP) is 4.99. The minimum atomic E-state index is -0.492. The second-order valence-electron chi connectivity index (χ2n) is 3.75. The third-order valence-corrected chi connectivity index (χ3v) is 3.23. The first-order valence-corrected chi connectivity index (χ1v) is 6.68. The standard InChI is InChI=1S/C14H8BrClFNO/c15-11-2-3-12(17)14(6-11)19-13-4-1-9(7-16)5-10(13)8-18/h1-6H,7H2. The van der Waals surface area contributed by atoms with Gasteiger partial charge in [-0.15, -0.1) is 11.6 Å². The van der Waals surface area contributed by atoms with Crippen LogP contribution in [-0.2, 0) is 5.88 Å². The summed E-state index contributed by atoms with van der Waals surface area (Å²) in [6.07, 6.45) is 0. The molecule has 0 heterocycles. The molecular formula is C14H8BrClFNO. The number of hydrogen-bond acceptors (Lipinski definition) is 2. The maximum Gasteiger partial charge on any atom is 0.165 e. The highest BCUT2D eigenvalue weighted by Gasteiger charge is 2.10. The van der Waals surface area contributed by atoms with E-state index in [0.717, 1.165) is 5.56 Å². The van der Waals surface area contributed by atoms with Crippen LogP contribution in [0.25, 0.3) is 0 Å². The molecule has 19 heavy (non-hydrogen) atoms. The molecule has 0 amide bonds. The van der Waals surface area contributed by atoms with Crippen LogP contribution in [0.1, 0.15) is 11.1 Å². The van der Waals surface area contributed by atoms with Gasteiger partial charge in [0.15, 0.2) is 11.6 Å². The molecule has 0 aromatic heterocycles. The Hall–Kier alpha value is -1.57. The van der Waals surface area contributed by atoms with Crippen LogP contribution in [0.5, 0.6) is 11.5 Å². The van der Waals surface area contributed by atoms with Gasteiger partial charge >= 0.3 is 0 Å². The topological polar surface area (TPSA) is 33.0 Å². The Morgan fingerprint density at radius 2 is 2.00 bits per heavy atom. The average Bonchev–Trinajstić information content (AvgIpc) is 2.43. The number of benzene rings is 2. The summed E-state index contributed by atoms with van der Waals surface area (Å²) in [5.74, 6) is 0.173. The highest BCUT2D eigenvalue weighted by Crippen LogP contribution is 2.30. The number of nitriles is 1. The fourth-order valence-corrected chi connectivity index (χ4v) is 2.02. The van der Waals surface area contributed by atoms with Crippen LogP contribution < -0.4 is 4.74 Å². The predicted molar refractivity (Wildman–Crippen MR) is 74.9 cm³/mol. The van der Waals surface area contributed by atoms with E-state index in [0.29, 0.717) is 21.7 Å². The van der Waals surface area contributed by atoms with E-state index in [1.54, 1.807) is 24.3 Å². The van der Waals surface area contributed by atoms with Crippen LogP contribution in [0.3, 0.4) is 0 Å². The maximum atomic E-state index is 13.6.